The lowest BCUT2D eigenvalue weighted by atomic mass is 10.2. The number of anilines is 2. The number of nitro groups is 1. The fourth-order valence-corrected chi connectivity index (χ4v) is 2.84. The van der Waals surface area contributed by atoms with E-state index in [1.165, 1.54) is 6.07 Å². The van der Waals surface area contributed by atoms with Gasteiger partial charge in [-0.1, -0.05) is 11.6 Å². The third kappa shape index (κ3) is 3.92. The number of furan rings is 1. The van der Waals surface area contributed by atoms with Gasteiger partial charge < -0.3 is 19.5 Å². The molecule has 0 saturated carbocycles. The first-order valence-corrected chi connectivity index (χ1v) is 8.10. The average molecular weight is 365 g/mol. The molecular weight excluding hydrogens is 348 g/mol. The molecule has 1 aromatic heterocycles. The highest BCUT2D eigenvalue weighted by Gasteiger charge is 2.21. The van der Waals surface area contributed by atoms with Crippen molar-refractivity contribution in [3.63, 3.8) is 0 Å². The van der Waals surface area contributed by atoms with E-state index < -0.39 is 16.7 Å². The molecule has 2 heterocycles. The Morgan fingerprint density at radius 1 is 1.24 bits per heavy atom. The third-order valence-corrected chi connectivity index (χ3v) is 4.28. The van der Waals surface area contributed by atoms with Crippen molar-refractivity contribution in [1.29, 1.82) is 0 Å². The Balaban J connectivity index is 1.82. The number of amides is 1. The molecule has 0 aliphatic carbocycles. The van der Waals surface area contributed by atoms with E-state index in [0.717, 1.165) is 37.9 Å². The number of hydrogen-bond donors (Lipinski definition) is 1. The van der Waals surface area contributed by atoms with Gasteiger partial charge in [-0.2, -0.15) is 0 Å². The van der Waals surface area contributed by atoms with Gasteiger partial charge >= 0.3 is 5.88 Å². The minimum Gasteiger partial charge on any atom is -0.395 e. The summed E-state index contributed by atoms with van der Waals surface area (Å²) in [7, 11) is 2.06. The van der Waals surface area contributed by atoms with Crippen LogP contribution in [0.3, 0.4) is 0 Å². The van der Waals surface area contributed by atoms with Crippen molar-refractivity contribution in [2.75, 3.05) is 43.4 Å². The van der Waals surface area contributed by atoms with Crippen LogP contribution in [0.25, 0.3) is 0 Å². The van der Waals surface area contributed by atoms with E-state index in [2.05, 4.69) is 22.2 Å². The van der Waals surface area contributed by atoms with Gasteiger partial charge in [-0.3, -0.25) is 14.9 Å². The summed E-state index contributed by atoms with van der Waals surface area (Å²) in [6, 6.07) is 7.70. The van der Waals surface area contributed by atoms with Crippen LogP contribution in [0, 0.1) is 10.1 Å². The minimum absolute atomic E-state index is 0.129. The van der Waals surface area contributed by atoms with Crippen LogP contribution in [0.1, 0.15) is 10.6 Å². The van der Waals surface area contributed by atoms with Gasteiger partial charge in [-0.15, -0.1) is 0 Å². The van der Waals surface area contributed by atoms with Crippen LogP contribution in [-0.4, -0.2) is 49.0 Å². The van der Waals surface area contributed by atoms with Gasteiger partial charge in [0.15, 0.2) is 5.76 Å². The Kier molecular flexibility index (Phi) is 4.91. The second-order valence-electron chi connectivity index (χ2n) is 5.80. The van der Waals surface area contributed by atoms with Gasteiger partial charge in [-0.25, -0.2) is 0 Å². The SMILES string of the molecule is CN1CCN(c2ccc(Cl)cc2NC(=O)c2ccc([N+](=O)[O-])o2)CC1. The lowest BCUT2D eigenvalue weighted by Gasteiger charge is -2.35. The zero-order valence-electron chi connectivity index (χ0n) is 13.6. The van der Waals surface area contributed by atoms with Crippen molar-refractivity contribution in [2.24, 2.45) is 0 Å². The second-order valence-corrected chi connectivity index (χ2v) is 6.24. The van der Waals surface area contributed by atoms with E-state index in [9.17, 15) is 14.9 Å². The van der Waals surface area contributed by atoms with Crippen LogP contribution in [0.15, 0.2) is 34.7 Å². The summed E-state index contributed by atoms with van der Waals surface area (Å²) in [5.41, 5.74) is 1.40. The number of carbonyl (C=O) groups excluding carboxylic acids is 1. The van der Waals surface area contributed by atoms with Crippen molar-refractivity contribution in [3.05, 3.63) is 51.2 Å². The molecule has 3 rings (SSSR count). The molecule has 1 aliphatic heterocycles. The van der Waals surface area contributed by atoms with Crippen LogP contribution in [0.4, 0.5) is 17.3 Å². The Labute approximate surface area is 149 Å². The quantitative estimate of drug-likeness (QED) is 0.662. The van der Waals surface area contributed by atoms with E-state index in [1.807, 2.05) is 6.07 Å². The molecule has 1 N–H and O–H groups in total. The van der Waals surface area contributed by atoms with Crippen LogP contribution >= 0.6 is 11.6 Å². The smallest absolute Gasteiger partial charge is 0.395 e. The first-order valence-electron chi connectivity index (χ1n) is 7.72. The number of hydrogen-bond acceptors (Lipinski definition) is 6. The minimum atomic E-state index is -0.689. The summed E-state index contributed by atoms with van der Waals surface area (Å²) >= 11 is 6.06. The van der Waals surface area contributed by atoms with Gasteiger partial charge in [0.1, 0.15) is 4.92 Å². The molecule has 8 nitrogen and oxygen atoms in total. The Hall–Kier alpha value is -2.58. The normalized spacial score (nSPS) is 15.2. The van der Waals surface area contributed by atoms with Gasteiger partial charge in [0.25, 0.3) is 5.91 Å². The van der Waals surface area contributed by atoms with Crippen LogP contribution in [-0.2, 0) is 0 Å². The van der Waals surface area contributed by atoms with E-state index >= 15 is 0 Å². The molecule has 0 atom stereocenters. The van der Waals surface area contributed by atoms with Gasteiger partial charge in [0.05, 0.1) is 17.4 Å². The Morgan fingerprint density at radius 2 is 1.96 bits per heavy atom. The summed E-state index contributed by atoms with van der Waals surface area (Å²) in [5.74, 6) is -1.17. The van der Waals surface area contributed by atoms with Gasteiger partial charge in [-0.05, 0) is 31.3 Å². The number of likely N-dealkylation sites (N-methyl/N-ethyl adjacent to an activating group) is 1. The maximum absolute atomic E-state index is 12.4. The number of nitrogens with zero attached hydrogens (tertiary/aromatic N) is 3. The molecule has 9 heteroatoms. The van der Waals surface area contributed by atoms with Crippen LogP contribution in [0.5, 0.6) is 0 Å². The molecule has 1 aromatic carbocycles. The fourth-order valence-electron chi connectivity index (χ4n) is 2.66. The van der Waals surface area contributed by atoms with Crippen molar-refractivity contribution >= 4 is 34.8 Å². The largest absolute Gasteiger partial charge is 0.433 e. The summed E-state index contributed by atoms with van der Waals surface area (Å²) in [6.07, 6.45) is 0. The lowest BCUT2D eigenvalue weighted by Crippen LogP contribution is -2.44. The van der Waals surface area contributed by atoms with E-state index in [4.69, 9.17) is 16.0 Å². The van der Waals surface area contributed by atoms with Crippen molar-refractivity contribution in [1.82, 2.24) is 4.90 Å². The van der Waals surface area contributed by atoms with Gasteiger partial charge in [0, 0.05) is 31.2 Å². The highest BCUT2D eigenvalue weighted by Crippen LogP contribution is 2.30. The van der Waals surface area contributed by atoms with Crippen LogP contribution < -0.4 is 10.2 Å². The highest BCUT2D eigenvalue weighted by atomic mass is 35.5. The molecule has 0 bridgehead atoms. The van der Waals surface area contributed by atoms with Crippen LogP contribution in [0.2, 0.25) is 5.02 Å². The summed E-state index contributed by atoms with van der Waals surface area (Å²) in [5, 5.41) is 13.9. The zero-order valence-corrected chi connectivity index (χ0v) is 14.3. The predicted octanol–water partition coefficient (Wildman–Crippen LogP) is 2.85. The van der Waals surface area contributed by atoms with E-state index in [1.54, 1.807) is 12.1 Å². The molecule has 132 valence electrons. The molecule has 0 spiro atoms. The fraction of sp³-hybridized carbons (Fsp3) is 0.312. The Bertz CT molecular complexity index is 799. The average Bonchev–Trinajstić information content (AvgIpc) is 3.06. The molecular formula is C16H17ClN4O4. The summed E-state index contributed by atoms with van der Waals surface area (Å²) in [6.45, 7) is 3.49. The lowest BCUT2D eigenvalue weighted by molar-refractivity contribution is -0.402. The molecule has 1 amide bonds. The molecule has 0 unspecified atom stereocenters. The molecule has 1 saturated heterocycles. The van der Waals surface area contributed by atoms with Crippen molar-refractivity contribution in [3.8, 4) is 0 Å². The summed E-state index contributed by atoms with van der Waals surface area (Å²) < 4.78 is 4.94. The highest BCUT2D eigenvalue weighted by molar-refractivity contribution is 6.31. The first-order chi connectivity index (χ1) is 11.9. The molecule has 1 aliphatic rings. The number of nitrogens with one attached hydrogen (secondary N) is 1. The number of rotatable bonds is 4. The third-order valence-electron chi connectivity index (χ3n) is 4.05. The first kappa shape index (κ1) is 17.2. The zero-order chi connectivity index (χ0) is 18.0. The number of halogens is 1. The second kappa shape index (κ2) is 7.12. The number of piperazine rings is 1. The number of benzene rings is 1. The predicted molar refractivity (Wildman–Crippen MR) is 94.5 cm³/mol. The monoisotopic (exact) mass is 364 g/mol. The van der Waals surface area contributed by atoms with Gasteiger partial charge in [0.2, 0.25) is 0 Å². The molecule has 2 aromatic rings. The van der Waals surface area contributed by atoms with E-state index in [-0.39, 0.29) is 5.76 Å². The Morgan fingerprint density at radius 3 is 2.60 bits per heavy atom. The standard InChI is InChI=1S/C16H17ClN4O4/c1-19-6-8-20(9-7-19)13-3-2-11(17)10-12(13)18-16(22)14-4-5-15(25-14)21(23)24/h2-5,10H,6-9H2,1H3,(H,18,22). The maximum atomic E-state index is 12.4. The van der Waals surface area contributed by atoms with Crippen molar-refractivity contribution in [2.45, 2.75) is 0 Å². The molecule has 0 radical (unpaired) electrons. The van der Waals surface area contributed by atoms with E-state index in [0.29, 0.717) is 10.7 Å². The van der Waals surface area contributed by atoms with Crippen molar-refractivity contribution < 1.29 is 14.1 Å². The summed E-state index contributed by atoms with van der Waals surface area (Å²) in [4.78, 5) is 26.7. The number of carbonyl (C=O) groups is 1. The molecule has 25 heavy (non-hydrogen) atoms. The molecule has 1 fully saturated rings. The topological polar surface area (TPSA) is 91.9 Å². The maximum Gasteiger partial charge on any atom is 0.433 e.